The maximum atomic E-state index is 12.6. The summed E-state index contributed by atoms with van der Waals surface area (Å²) in [5.41, 5.74) is 5.54. The van der Waals surface area contributed by atoms with Crippen LogP contribution in [0.3, 0.4) is 0 Å². The number of hydrogen-bond acceptors (Lipinski definition) is 2. The van der Waals surface area contributed by atoms with Crippen molar-refractivity contribution < 1.29 is 4.79 Å². The maximum Gasteiger partial charge on any atom is 0.319 e. The molecule has 2 amide bonds. The number of nitrogens with zero attached hydrogens (tertiary/aromatic N) is 1. The van der Waals surface area contributed by atoms with E-state index in [4.69, 9.17) is 0 Å². The number of aryl methyl sites for hydroxylation is 1. The number of H-pyrrole nitrogens is 1. The molecule has 1 aromatic carbocycles. The van der Waals surface area contributed by atoms with Gasteiger partial charge in [0.25, 0.3) is 0 Å². The number of nitrogens with one attached hydrogen (secondary N) is 3. The Morgan fingerprint density at radius 3 is 3.08 bits per heavy atom. The number of fused-ring (bicyclic) bond motifs is 1. The van der Waals surface area contributed by atoms with Crippen molar-refractivity contribution in [3.63, 3.8) is 0 Å². The highest BCUT2D eigenvalue weighted by Crippen LogP contribution is 2.28. The monoisotopic (exact) mass is 338 g/mol. The van der Waals surface area contributed by atoms with Crippen LogP contribution in [0.2, 0.25) is 0 Å². The van der Waals surface area contributed by atoms with Gasteiger partial charge >= 0.3 is 6.03 Å². The Kier molecular flexibility index (Phi) is 5.22. The second kappa shape index (κ2) is 7.55. The SMILES string of the molecule is C=CCc1cccc(C(C)C)c1NC(=O)N[C@@H]1CCc2cn[nH]c2C1. The number of para-hydroxylation sites is 1. The van der Waals surface area contributed by atoms with Crippen LogP contribution in [0.4, 0.5) is 10.5 Å². The summed E-state index contributed by atoms with van der Waals surface area (Å²) in [6.07, 6.45) is 7.16. The van der Waals surface area contributed by atoms with Crippen molar-refractivity contribution in [1.82, 2.24) is 15.5 Å². The Morgan fingerprint density at radius 2 is 2.32 bits per heavy atom. The zero-order valence-corrected chi connectivity index (χ0v) is 14.9. The molecule has 2 aromatic rings. The minimum Gasteiger partial charge on any atom is -0.335 e. The van der Waals surface area contributed by atoms with Crippen molar-refractivity contribution in [2.75, 3.05) is 5.32 Å². The highest BCUT2D eigenvalue weighted by atomic mass is 16.2. The molecule has 0 spiro atoms. The summed E-state index contributed by atoms with van der Waals surface area (Å²) in [4.78, 5) is 12.6. The number of hydrogen-bond donors (Lipinski definition) is 3. The van der Waals surface area contributed by atoms with Gasteiger partial charge in [-0.05, 0) is 41.9 Å². The van der Waals surface area contributed by atoms with E-state index in [1.807, 2.05) is 24.4 Å². The third-order valence-corrected chi connectivity index (χ3v) is 4.76. The van der Waals surface area contributed by atoms with E-state index < -0.39 is 0 Å². The lowest BCUT2D eigenvalue weighted by Crippen LogP contribution is -2.41. The van der Waals surface area contributed by atoms with E-state index in [0.717, 1.165) is 48.2 Å². The minimum absolute atomic E-state index is 0.127. The largest absolute Gasteiger partial charge is 0.335 e. The number of carbonyl (C=O) groups excluding carboxylic acids is 1. The van der Waals surface area contributed by atoms with E-state index in [1.165, 1.54) is 5.56 Å². The van der Waals surface area contributed by atoms with Gasteiger partial charge in [0.1, 0.15) is 0 Å². The van der Waals surface area contributed by atoms with E-state index in [2.05, 4.69) is 47.3 Å². The number of anilines is 1. The molecular weight excluding hydrogens is 312 g/mol. The maximum absolute atomic E-state index is 12.6. The van der Waals surface area contributed by atoms with Gasteiger partial charge in [-0.1, -0.05) is 38.1 Å². The number of benzene rings is 1. The zero-order valence-electron chi connectivity index (χ0n) is 14.9. The quantitative estimate of drug-likeness (QED) is 0.723. The smallest absolute Gasteiger partial charge is 0.319 e. The van der Waals surface area contributed by atoms with Crippen LogP contribution < -0.4 is 10.6 Å². The fraction of sp³-hybridized carbons (Fsp3) is 0.400. The molecule has 0 saturated heterocycles. The number of aromatic amines is 1. The van der Waals surface area contributed by atoms with Gasteiger partial charge in [0, 0.05) is 23.8 Å². The lowest BCUT2D eigenvalue weighted by Gasteiger charge is -2.24. The predicted octanol–water partition coefficient (Wildman–Crippen LogP) is 3.94. The van der Waals surface area contributed by atoms with Crippen LogP contribution in [-0.2, 0) is 19.3 Å². The molecule has 3 N–H and O–H groups in total. The fourth-order valence-electron chi connectivity index (χ4n) is 3.45. The molecule has 1 aromatic heterocycles. The molecule has 0 bridgehead atoms. The Balaban J connectivity index is 1.71. The molecule has 5 heteroatoms. The van der Waals surface area contributed by atoms with Crippen molar-refractivity contribution in [2.24, 2.45) is 0 Å². The second-order valence-electron chi connectivity index (χ2n) is 6.94. The van der Waals surface area contributed by atoms with Crippen molar-refractivity contribution in [3.8, 4) is 0 Å². The predicted molar refractivity (Wildman–Crippen MR) is 101 cm³/mol. The molecule has 0 fully saturated rings. The molecule has 3 rings (SSSR count). The minimum atomic E-state index is -0.147. The van der Waals surface area contributed by atoms with Gasteiger partial charge in [0.15, 0.2) is 0 Å². The number of carbonyl (C=O) groups is 1. The molecular formula is C20H26N4O. The molecule has 25 heavy (non-hydrogen) atoms. The molecule has 1 heterocycles. The van der Waals surface area contributed by atoms with Crippen molar-refractivity contribution in [1.29, 1.82) is 0 Å². The molecule has 0 saturated carbocycles. The van der Waals surface area contributed by atoms with E-state index in [1.54, 1.807) is 0 Å². The average molecular weight is 338 g/mol. The normalized spacial score (nSPS) is 16.4. The van der Waals surface area contributed by atoms with Gasteiger partial charge in [-0.3, -0.25) is 5.10 Å². The molecule has 132 valence electrons. The Labute approximate surface area is 148 Å². The number of amides is 2. The Morgan fingerprint density at radius 1 is 1.48 bits per heavy atom. The summed E-state index contributed by atoms with van der Waals surface area (Å²) in [5, 5.41) is 13.3. The summed E-state index contributed by atoms with van der Waals surface area (Å²) >= 11 is 0. The van der Waals surface area contributed by atoms with E-state index >= 15 is 0 Å². The highest BCUT2D eigenvalue weighted by molar-refractivity contribution is 5.91. The Bertz CT molecular complexity index is 763. The van der Waals surface area contributed by atoms with Crippen LogP contribution in [0.1, 0.15) is 48.6 Å². The first-order valence-corrected chi connectivity index (χ1v) is 8.89. The molecule has 1 aliphatic rings. The van der Waals surface area contributed by atoms with E-state index in [-0.39, 0.29) is 12.1 Å². The Hall–Kier alpha value is -2.56. The molecule has 0 radical (unpaired) electrons. The first-order valence-electron chi connectivity index (χ1n) is 8.89. The van der Waals surface area contributed by atoms with Gasteiger partial charge < -0.3 is 10.6 Å². The van der Waals surface area contributed by atoms with Gasteiger partial charge in [0.2, 0.25) is 0 Å². The summed E-state index contributed by atoms with van der Waals surface area (Å²) in [6.45, 7) is 8.09. The number of rotatable bonds is 5. The average Bonchev–Trinajstić information content (AvgIpc) is 3.04. The molecule has 1 atom stereocenters. The van der Waals surface area contributed by atoms with Crippen LogP contribution in [0.15, 0.2) is 37.1 Å². The molecule has 0 aliphatic heterocycles. The van der Waals surface area contributed by atoms with Crippen molar-refractivity contribution in [2.45, 2.75) is 51.5 Å². The van der Waals surface area contributed by atoms with Crippen LogP contribution in [0.25, 0.3) is 0 Å². The van der Waals surface area contributed by atoms with Crippen LogP contribution in [0, 0.1) is 0 Å². The first-order chi connectivity index (χ1) is 12.1. The molecule has 1 aliphatic carbocycles. The third-order valence-electron chi connectivity index (χ3n) is 4.76. The third kappa shape index (κ3) is 3.92. The summed E-state index contributed by atoms with van der Waals surface area (Å²) < 4.78 is 0. The van der Waals surface area contributed by atoms with Gasteiger partial charge in [0.05, 0.1) is 6.20 Å². The number of urea groups is 1. The van der Waals surface area contributed by atoms with Gasteiger partial charge in [-0.15, -0.1) is 6.58 Å². The molecule has 5 nitrogen and oxygen atoms in total. The van der Waals surface area contributed by atoms with Crippen molar-refractivity contribution in [3.05, 3.63) is 59.4 Å². The lowest BCUT2D eigenvalue weighted by atomic mass is 9.94. The van der Waals surface area contributed by atoms with E-state index in [0.29, 0.717) is 5.92 Å². The standard InChI is InChI=1S/C20H26N4O/c1-4-6-14-7-5-8-17(13(2)3)19(14)23-20(25)22-16-10-9-15-12-21-24-18(15)11-16/h4-5,7-8,12-13,16H,1,6,9-11H2,2-3H3,(H,21,24)(H2,22,23,25)/t16-/m1/s1. The van der Waals surface area contributed by atoms with Crippen LogP contribution in [0.5, 0.6) is 0 Å². The highest BCUT2D eigenvalue weighted by Gasteiger charge is 2.22. The van der Waals surface area contributed by atoms with Crippen LogP contribution in [-0.4, -0.2) is 22.3 Å². The van der Waals surface area contributed by atoms with Gasteiger partial charge in [-0.25, -0.2) is 4.79 Å². The zero-order chi connectivity index (χ0) is 17.8. The topological polar surface area (TPSA) is 69.8 Å². The van der Waals surface area contributed by atoms with E-state index in [9.17, 15) is 4.79 Å². The number of aromatic nitrogens is 2. The summed E-state index contributed by atoms with van der Waals surface area (Å²) in [6, 6.07) is 6.14. The first kappa shape index (κ1) is 17.3. The number of allylic oxidation sites excluding steroid dienone is 1. The van der Waals surface area contributed by atoms with Crippen LogP contribution >= 0.6 is 0 Å². The second-order valence-corrected chi connectivity index (χ2v) is 6.94. The fourth-order valence-corrected chi connectivity index (χ4v) is 3.45. The summed E-state index contributed by atoms with van der Waals surface area (Å²) in [5.74, 6) is 0.335. The van der Waals surface area contributed by atoms with Crippen molar-refractivity contribution >= 4 is 11.7 Å². The molecule has 0 unspecified atom stereocenters. The lowest BCUT2D eigenvalue weighted by molar-refractivity contribution is 0.247. The summed E-state index contributed by atoms with van der Waals surface area (Å²) in [7, 11) is 0. The van der Waals surface area contributed by atoms with Gasteiger partial charge in [-0.2, -0.15) is 5.10 Å².